The third kappa shape index (κ3) is 3.95. The average Bonchev–Trinajstić information content (AvgIpc) is 3.20. The maximum atomic E-state index is 11.2. The summed E-state index contributed by atoms with van der Waals surface area (Å²) in [6.07, 6.45) is 0. The normalized spacial score (nSPS) is 10.4. The number of nitro groups is 1. The van der Waals surface area contributed by atoms with Crippen LogP contribution in [0.3, 0.4) is 0 Å². The van der Waals surface area contributed by atoms with Crippen LogP contribution in [-0.2, 0) is 6.61 Å². The van der Waals surface area contributed by atoms with E-state index in [9.17, 15) is 10.1 Å². The third-order valence-corrected chi connectivity index (χ3v) is 3.83. The van der Waals surface area contributed by atoms with Crippen LogP contribution in [0.15, 0.2) is 40.9 Å². The molecule has 0 spiro atoms. The summed E-state index contributed by atoms with van der Waals surface area (Å²) in [5.41, 5.74) is 0.379. The molecule has 0 aliphatic carbocycles. The van der Waals surface area contributed by atoms with Gasteiger partial charge in [0.25, 0.3) is 5.89 Å². The monoisotopic (exact) mass is 387 g/mol. The molecule has 0 aliphatic heterocycles. The zero-order chi connectivity index (χ0) is 20.1. The summed E-state index contributed by atoms with van der Waals surface area (Å²) in [5, 5.41) is 15.1. The van der Waals surface area contributed by atoms with Gasteiger partial charge < -0.3 is 23.5 Å². The fraction of sp³-hybridized carbons (Fsp3) is 0.222. The molecular weight excluding hydrogens is 370 g/mol. The summed E-state index contributed by atoms with van der Waals surface area (Å²) < 4.78 is 26.1. The van der Waals surface area contributed by atoms with Gasteiger partial charge in [0.05, 0.1) is 37.9 Å². The first-order valence-electron chi connectivity index (χ1n) is 8.06. The molecular formula is C18H17N3O7. The summed E-state index contributed by atoms with van der Waals surface area (Å²) in [6, 6.07) is 9.45. The quantitative estimate of drug-likeness (QED) is 0.424. The van der Waals surface area contributed by atoms with Crippen LogP contribution >= 0.6 is 0 Å². The molecule has 10 heteroatoms. The van der Waals surface area contributed by atoms with Crippen LogP contribution in [0.5, 0.6) is 23.0 Å². The lowest BCUT2D eigenvalue weighted by atomic mass is 10.2. The maximum absolute atomic E-state index is 11.2. The molecule has 0 bridgehead atoms. The number of methoxy groups -OCH3 is 3. The standard InChI is InChI=1S/C18H17N3O7/c1-24-11-5-7-15(14(8-11)21(22)23)27-10-17-19-18(20-28-17)13-6-4-12(25-2)9-16(13)26-3/h4-9H,10H2,1-3H3. The fourth-order valence-corrected chi connectivity index (χ4v) is 2.43. The molecule has 3 rings (SSSR count). The van der Waals surface area contributed by atoms with Crippen molar-refractivity contribution >= 4 is 5.69 Å². The van der Waals surface area contributed by atoms with Gasteiger partial charge in [-0.2, -0.15) is 4.98 Å². The van der Waals surface area contributed by atoms with E-state index in [0.29, 0.717) is 28.6 Å². The fourth-order valence-electron chi connectivity index (χ4n) is 2.43. The van der Waals surface area contributed by atoms with Crippen LogP contribution in [0.1, 0.15) is 5.89 Å². The van der Waals surface area contributed by atoms with Crippen molar-refractivity contribution in [1.29, 1.82) is 0 Å². The van der Waals surface area contributed by atoms with Crippen molar-refractivity contribution in [3.63, 3.8) is 0 Å². The van der Waals surface area contributed by atoms with Crippen LogP contribution in [0.25, 0.3) is 11.4 Å². The molecule has 0 atom stereocenters. The number of rotatable bonds is 8. The molecule has 0 radical (unpaired) electrons. The van der Waals surface area contributed by atoms with Crippen LogP contribution in [-0.4, -0.2) is 36.4 Å². The third-order valence-electron chi connectivity index (χ3n) is 3.83. The molecule has 28 heavy (non-hydrogen) atoms. The van der Waals surface area contributed by atoms with E-state index < -0.39 is 4.92 Å². The van der Waals surface area contributed by atoms with Gasteiger partial charge in [-0.1, -0.05) is 5.16 Å². The van der Waals surface area contributed by atoms with Gasteiger partial charge in [0.15, 0.2) is 12.4 Å². The average molecular weight is 387 g/mol. The second kappa shape index (κ2) is 8.25. The highest BCUT2D eigenvalue weighted by molar-refractivity contribution is 5.65. The first-order chi connectivity index (χ1) is 13.5. The van der Waals surface area contributed by atoms with Crippen LogP contribution in [0.4, 0.5) is 5.69 Å². The highest BCUT2D eigenvalue weighted by Gasteiger charge is 2.19. The molecule has 0 saturated heterocycles. The molecule has 0 saturated carbocycles. The van der Waals surface area contributed by atoms with Crippen LogP contribution < -0.4 is 18.9 Å². The van der Waals surface area contributed by atoms with E-state index in [0.717, 1.165) is 0 Å². The smallest absolute Gasteiger partial charge is 0.314 e. The lowest BCUT2D eigenvalue weighted by molar-refractivity contribution is -0.386. The van der Waals surface area contributed by atoms with Gasteiger partial charge in [-0.15, -0.1) is 0 Å². The number of hydrogen-bond acceptors (Lipinski definition) is 9. The first kappa shape index (κ1) is 19.0. The number of ether oxygens (including phenoxy) is 4. The minimum absolute atomic E-state index is 0.0626. The number of aromatic nitrogens is 2. The van der Waals surface area contributed by atoms with Crippen molar-refractivity contribution in [3.8, 4) is 34.4 Å². The molecule has 0 amide bonds. The number of nitrogens with zero attached hydrogens (tertiary/aromatic N) is 3. The summed E-state index contributed by atoms with van der Waals surface area (Å²) >= 11 is 0. The highest BCUT2D eigenvalue weighted by Crippen LogP contribution is 2.33. The van der Waals surface area contributed by atoms with Gasteiger partial charge in [-0.05, 0) is 24.3 Å². The Labute approximate surface area is 159 Å². The number of benzene rings is 2. The molecule has 1 aromatic heterocycles. The first-order valence-corrected chi connectivity index (χ1v) is 8.06. The molecule has 0 aliphatic rings. The Hall–Kier alpha value is -3.82. The predicted molar refractivity (Wildman–Crippen MR) is 96.8 cm³/mol. The van der Waals surface area contributed by atoms with Gasteiger partial charge in [0.1, 0.15) is 17.2 Å². The zero-order valence-corrected chi connectivity index (χ0v) is 15.4. The predicted octanol–water partition coefficient (Wildman–Crippen LogP) is 3.25. The molecule has 3 aromatic rings. The topological polar surface area (TPSA) is 119 Å². The Morgan fingerprint density at radius 3 is 2.39 bits per heavy atom. The van der Waals surface area contributed by atoms with Crippen molar-refractivity contribution in [2.45, 2.75) is 6.61 Å². The zero-order valence-electron chi connectivity index (χ0n) is 15.4. The molecule has 10 nitrogen and oxygen atoms in total. The molecule has 2 aromatic carbocycles. The summed E-state index contributed by atoms with van der Waals surface area (Å²) in [5.74, 6) is 2.00. The molecule has 0 unspecified atom stereocenters. The number of nitro benzene ring substituents is 1. The molecule has 0 fully saturated rings. The Morgan fingerprint density at radius 2 is 1.71 bits per heavy atom. The van der Waals surface area contributed by atoms with E-state index in [1.165, 1.54) is 26.4 Å². The van der Waals surface area contributed by atoms with Gasteiger partial charge >= 0.3 is 5.69 Å². The largest absolute Gasteiger partial charge is 0.497 e. The van der Waals surface area contributed by atoms with Gasteiger partial charge in [0, 0.05) is 6.07 Å². The van der Waals surface area contributed by atoms with Crippen molar-refractivity contribution in [2.24, 2.45) is 0 Å². The van der Waals surface area contributed by atoms with Crippen molar-refractivity contribution in [1.82, 2.24) is 10.1 Å². The van der Waals surface area contributed by atoms with Crippen LogP contribution in [0, 0.1) is 10.1 Å². The Balaban J connectivity index is 1.78. The van der Waals surface area contributed by atoms with Gasteiger partial charge in [-0.3, -0.25) is 10.1 Å². The highest BCUT2D eigenvalue weighted by atomic mass is 16.6. The van der Waals surface area contributed by atoms with E-state index in [-0.39, 0.29) is 23.9 Å². The molecule has 1 heterocycles. The van der Waals surface area contributed by atoms with Crippen molar-refractivity contribution in [2.75, 3.05) is 21.3 Å². The summed E-state index contributed by atoms with van der Waals surface area (Å²) in [7, 11) is 4.49. The lowest BCUT2D eigenvalue weighted by Crippen LogP contribution is -2.00. The second-order valence-electron chi connectivity index (χ2n) is 5.46. The minimum Gasteiger partial charge on any atom is -0.497 e. The minimum atomic E-state index is -0.556. The number of hydrogen-bond donors (Lipinski definition) is 0. The Morgan fingerprint density at radius 1 is 1.00 bits per heavy atom. The Kier molecular flexibility index (Phi) is 5.58. The SMILES string of the molecule is COc1ccc(-c2noc(COc3ccc(OC)cc3[N+](=O)[O-])n2)c(OC)c1. The van der Waals surface area contributed by atoms with E-state index in [4.69, 9.17) is 23.5 Å². The van der Waals surface area contributed by atoms with Gasteiger partial charge in [0.2, 0.25) is 5.82 Å². The molecule has 0 N–H and O–H groups in total. The maximum Gasteiger partial charge on any atom is 0.314 e. The van der Waals surface area contributed by atoms with E-state index in [1.807, 2.05) is 0 Å². The van der Waals surface area contributed by atoms with Crippen molar-refractivity contribution in [3.05, 3.63) is 52.4 Å². The van der Waals surface area contributed by atoms with Crippen molar-refractivity contribution < 1.29 is 28.4 Å². The van der Waals surface area contributed by atoms with E-state index in [1.54, 1.807) is 31.4 Å². The summed E-state index contributed by atoms with van der Waals surface area (Å²) in [6.45, 7) is -0.140. The van der Waals surface area contributed by atoms with E-state index in [2.05, 4.69) is 10.1 Å². The second-order valence-corrected chi connectivity index (χ2v) is 5.46. The van der Waals surface area contributed by atoms with Gasteiger partial charge in [-0.25, -0.2) is 0 Å². The van der Waals surface area contributed by atoms with Crippen LogP contribution in [0.2, 0.25) is 0 Å². The van der Waals surface area contributed by atoms with E-state index >= 15 is 0 Å². The summed E-state index contributed by atoms with van der Waals surface area (Å²) in [4.78, 5) is 14.9. The Bertz CT molecular complexity index is 987. The molecule has 146 valence electrons. The lowest BCUT2D eigenvalue weighted by Gasteiger charge is -2.07.